The van der Waals surface area contributed by atoms with Gasteiger partial charge in [0.05, 0.1) is 29.0 Å². The molecule has 11 rings (SSSR count). The Labute approximate surface area is 373 Å². The van der Waals surface area contributed by atoms with Gasteiger partial charge in [-0.2, -0.15) is 0 Å². The summed E-state index contributed by atoms with van der Waals surface area (Å²) < 4.78 is 162. The standard InChI is InChI=1S/C58H39NO/c1-3-12-40(13-4-1)42-22-26-44(27-23-42)46-30-34-50(35-31-46)59(51-36-32-47(33-37-51)45-28-24-43(25-29-45)41-14-5-2-6-15-41)55-20-10-9-18-52(55)53-19-11-21-56-58(53)54-38-48-16-7-8-17-49(48)39-57(54)60-56/h1-39H/i1D,3D,4D,12D,13D,22D,23D,26D,27D,30D,31D,32D,33D,34D,35D,36D,37D. The van der Waals surface area contributed by atoms with E-state index in [0.29, 0.717) is 33.2 Å². The molecule has 10 aromatic carbocycles. The van der Waals surface area contributed by atoms with Crippen LogP contribution in [0.15, 0.2) is 241 Å². The van der Waals surface area contributed by atoms with Crippen LogP contribution in [0.3, 0.4) is 0 Å². The Morgan fingerprint density at radius 3 is 1.48 bits per heavy atom. The summed E-state index contributed by atoms with van der Waals surface area (Å²) in [5.41, 5.74) is 0.700. The molecule has 0 radical (unpaired) electrons. The van der Waals surface area contributed by atoms with Crippen molar-refractivity contribution in [1.29, 1.82) is 0 Å². The van der Waals surface area contributed by atoms with Gasteiger partial charge in [0, 0.05) is 27.7 Å². The highest BCUT2D eigenvalue weighted by Crippen LogP contribution is 2.46. The van der Waals surface area contributed by atoms with E-state index in [1.165, 1.54) is 0 Å². The summed E-state index contributed by atoms with van der Waals surface area (Å²) in [6.45, 7) is 0. The zero-order valence-electron chi connectivity index (χ0n) is 48.6. The van der Waals surface area contributed by atoms with Gasteiger partial charge in [-0.3, -0.25) is 0 Å². The largest absolute Gasteiger partial charge is 0.456 e. The molecule has 2 nitrogen and oxygen atoms in total. The maximum atomic E-state index is 9.79. The van der Waals surface area contributed by atoms with E-state index in [9.17, 15) is 13.7 Å². The lowest BCUT2D eigenvalue weighted by Gasteiger charge is -2.28. The van der Waals surface area contributed by atoms with Gasteiger partial charge in [0.25, 0.3) is 0 Å². The number of hydrogen-bond donors (Lipinski definition) is 0. The van der Waals surface area contributed by atoms with Crippen molar-refractivity contribution in [2.45, 2.75) is 0 Å². The second-order valence-corrected chi connectivity index (χ2v) is 14.0. The maximum Gasteiger partial charge on any atom is 0.136 e. The first-order chi connectivity index (χ1) is 36.8. The smallest absolute Gasteiger partial charge is 0.136 e. The quantitative estimate of drug-likeness (QED) is 0.153. The van der Waals surface area contributed by atoms with Crippen molar-refractivity contribution in [3.63, 3.8) is 0 Å². The number of fused-ring (bicyclic) bond motifs is 4. The summed E-state index contributed by atoms with van der Waals surface area (Å²) in [5.74, 6) is 0. The highest BCUT2D eigenvalue weighted by atomic mass is 16.3. The molecule has 1 aromatic heterocycles. The normalized spacial score (nSPS) is 15.3. The van der Waals surface area contributed by atoms with Crippen molar-refractivity contribution >= 4 is 49.8 Å². The predicted molar refractivity (Wildman–Crippen MR) is 253 cm³/mol. The number of anilines is 3. The monoisotopic (exact) mass is 782 g/mol. The van der Waals surface area contributed by atoms with Crippen LogP contribution >= 0.6 is 0 Å². The lowest BCUT2D eigenvalue weighted by Crippen LogP contribution is -2.11. The fourth-order valence-corrected chi connectivity index (χ4v) is 7.49. The Bertz CT molecular complexity index is 4190. The number of para-hydroxylation sites is 1. The molecular weight excluding hydrogens is 727 g/mol. The van der Waals surface area contributed by atoms with Gasteiger partial charge in [-0.05, 0) is 109 Å². The van der Waals surface area contributed by atoms with Gasteiger partial charge >= 0.3 is 0 Å². The molecule has 60 heavy (non-hydrogen) atoms. The van der Waals surface area contributed by atoms with Crippen molar-refractivity contribution in [3.8, 4) is 55.6 Å². The summed E-state index contributed by atoms with van der Waals surface area (Å²) in [6, 6.07) is 27.5. The Morgan fingerprint density at radius 2 is 0.833 bits per heavy atom. The first kappa shape index (κ1) is 21.7. The van der Waals surface area contributed by atoms with E-state index in [-0.39, 0.29) is 11.3 Å². The van der Waals surface area contributed by atoms with E-state index in [4.69, 9.17) is 14.0 Å². The van der Waals surface area contributed by atoms with E-state index < -0.39 is 136 Å². The average Bonchev–Trinajstić information content (AvgIpc) is 3.96. The van der Waals surface area contributed by atoms with E-state index in [1.54, 1.807) is 48.5 Å². The maximum absolute atomic E-state index is 9.79. The Balaban J connectivity index is 1.18. The van der Waals surface area contributed by atoms with Gasteiger partial charge in [-0.15, -0.1) is 0 Å². The second-order valence-electron chi connectivity index (χ2n) is 14.0. The lowest BCUT2D eigenvalue weighted by atomic mass is 9.95. The molecule has 0 amide bonds. The zero-order chi connectivity index (χ0) is 54.6. The molecule has 0 spiro atoms. The van der Waals surface area contributed by atoms with Gasteiger partial charge in [-0.25, -0.2) is 0 Å². The molecule has 11 aromatic rings. The number of nitrogens with zero attached hydrogens (tertiary/aromatic N) is 1. The van der Waals surface area contributed by atoms with Crippen molar-refractivity contribution in [2.24, 2.45) is 0 Å². The van der Waals surface area contributed by atoms with Crippen molar-refractivity contribution in [1.82, 2.24) is 0 Å². The van der Waals surface area contributed by atoms with Crippen LogP contribution in [0.25, 0.3) is 88.3 Å². The summed E-state index contributed by atoms with van der Waals surface area (Å²) in [7, 11) is 0. The van der Waals surface area contributed by atoms with Crippen molar-refractivity contribution in [2.75, 3.05) is 4.90 Å². The third-order valence-electron chi connectivity index (χ3n) is 10.4. The van der Waals surface area contributed by atoms with Crippen LogP contribution in [0.1, 0.15) is 23.3 Å². The molecule has 0 aliphatic carbocycles. The van der Waals surface area contributed by atoms with Crippen LogP contribution in [-0.2, 0) is 0 Å². The summed E-state index contributed by atoms with van der Waals surface area (Å²) in [4.78, 5) is 1.16. The van der Waals surface area contributed by atoms with Gasteiger partial charge in [-0.1, -0.05) is 188 Å². The fourth-order valence-electron chi connectivity index (χ4n) is 7.49. The zero-order valence-corrected chi connectivity index (χ0v) is 31.6. The predicted octanol–water partition coefficient (Wildman–Crippen LogP) is 16.5. The third-order valence-corrected chi connectivity index (χ3v) is 10.4. The lowest BCUT2D eigenvalue weighted by molar-refractivity contribution is 0.669. The molecule has 282 valence electrons. The number of hydrogen-bond acceptors (Lipinski definition) is 2. The Hall–Kier alpha value is -7.94. The first-order valence-corrected chi connectivity index (χ1v) is 19.1. The molecule has 0 bridgehead atoms. The van der Waals surface area contributed by atoms with Crippen LogP contribution < -0.4 is 4.90 Å². The highest BCUT2D eigenvalue weighted by molar-refractivity contribution is 6.16. The summed E-state index contributed by atoms with van der Waals surface area (Å²) >= 11 is 0. The molecular formula is C58H39NO. The van der Waals surface area contributed by atoms with Crippen molar-refractivity contribution in [3.05, 3.63) is 236 Å². The average molecular weight is 783 g/mol. The summed E-state index contributed by atoms with van der Waals surface area (Å²) in [5, 5.41) is 3.28. The van der Waals surface area contributed by atoms with Gasteiger partial charge in [0.1, 0.15) is 11.2 Å². The molecule has 0 saturated carbocycles. The molecule has 0 atom stereocenters. The van der Waals surface area contributed by atoms with E-state index in [0.717, 1.165) is 32.2 Å². The minimum atomic E-state index is -0.885. The van der Waals surface area contributed by atoms with E-state index in [1.807, 2.05) is 84.9 Å². The molecule has 0 unspecified atom stereocenters. The Morgan fingerprint density at radius 1 is 0.350 bits per heavy atom. The molecule has 0 aliphatic rings. The molecule has 0 aliphatic heterocycles. The minimum Gasteiger partial charge on any atom is -0.456 e. The van der Waals surface area contributed by atoms with Crippen LogP contribution in [0, 0.1) is 0 Å². The van der Waals surface area contributed by atoms with Crippen molar-refractivity contribution < 1.29 is 27.7 Å². The number of benzene rings is 10. The van der Waals surface area contributed by atoms with E-state index >= 15 is 0 Å². The van der Waals surface area contributed by atoms with Crippen LogP contribution in [0.4, 0.5) is 17.1 Å². The molecule has 2 heteroatoms. The third kappa shape index (κ3) is 6.51. The van der Waals surface area contributed by atoms with Crippen LogP contribution in [0.2, 0.25) is 0 Å². The fraction of sp³-hybridized carbons (Fsp3) is 0. The van der Waals surface area contributed by atoms with Gasteiger partial charge in [0.15, 0.2) is 0 Å². The SMILES string of the molecule is [2H]c1c([2H])c([2H])c(-c2c([2H])c([2H])c(-c3c([2H])c([2H])c(N(c4ccccc4-c4cccc5oc6cc7ccccc7cc6c45)c4c([2H])c([2H])c(-c5ccc(-c6ccccc6)cc5)c([2H])c4[2H])c([2H])c3[2H])c([2H])c2[2H])c([2H])c1[2H]. The molecule has 0 N–H and O–H groups in total. The van der Waals surface area contributed by atoms with E-state index in [2.05, 4.69) is 0 Å². The van der Waals surface area contributed by atoms with Crippen LogP contribution in [0.5, 0.6) is 0 Å². The van der Waals surface area contributed by atoms with Gasteiger partial charge < -0.3 is 9.32 Å². The second kappa shape index (κ2) is 15.1. The highest BCUT2D eigenvalue weighted by Gasteiger charge is 2.21. The number of rotatable bonds is 8. The number of furan rings is 1. The van der Waals surface area contributed by atoms with Crippen LogP contribution in [-0.4, -0.2) is 0 Å². The molecule has 1 heterocycles. The Kier molecular flexibility index (Phi) is 5.46. The molecule has 0 saturated heterocycles. The topological polar surface area (TPSA) is 16.4 Å². The minimum absolute atomic E-state index is 0.0382. The summed E-state index contributed by atoms with van der Waals surface area (Å²) in [6.07, 6.45) is 0. The molecule has 0 fully saturated rings. The first-order valence-electron chi connectivity index (χ1n) is 27.6. The van der Waals surface area contributed by atoms with Gasteiger partial charge in [0.2, 0.25) is 0 Å².